The molecule has 1 N–H and O–H groups in total. The van der Waals surface area contributed by atoms with E-state index in [0.717, 1.165) is 6.42 Å². The molecule has 0 aromatic heterocycles. The summed E-state index contributed by atoms with van der Waals surface area (Å²) >= 11 is 5.17. The molecule has 3 rings (SSSR count). The van der Waals surface area contributed by atoms with Crippen LogP contribution in [0, 0.1) is 5.92 Å². The molecule has 1 saturated heterocycles. The molecule has 1 aromatic carbocycles. The number of thiocarbonyl (C=S) groups is 1. The summed E-state index contributed by atoms with van der Waals surface area (Å²) in [4.78, 5) is 0. The number of nitrogens with one attached hydrogen (secondary N) is 1. The van der Waals surface area contributed by atoms with Gasteiger partial charge in [-0.2, -0.15) is 0 Å². The van der Waals surface area contributed by atoms with E-state index in [9.17, 15) is 0 Å². The van der Waals surface area contributed by atoms with Gasteiger partial charge in [0.05, 0.1) is 6.04 Å². The summed E-state index contributed by atoms with van der Waals surface area (Å²) in [7, 11) is 0. The van der Waals surface area contributed by atoms with Gasteiger partial charge in [0.25, 0.3) is 5.17 Å². The molecule has 1 saturated carbocycles. The van der Waals surface area contributed by atoms with Gasteiger partial charge in [-0.05, 0) is 37.0 Å². The van der Waals surface area contributed by atoms with Crippen LogP contribution in [0.1, 0.15) is 30.9 Å². The highest BCUT2D eigenvalue weighted by Crippen LogP contribution is 2.40. The Morgan fingerprint density at radius 2 is 2.00 bits per heavy atom. The molecule has 1 aromatic rings. The van der Waals surface area contributed by atoms with E-state index >= 15 is 0 Å². The third-order valence-electron chi connectivity index (χ3n) is 3.62. The molecule has 0 unspecified atom stereocenters. The average Bonchev–Trinajstić information content (AvgIpc) is 2.77. The van der Waals surface area contributed by atoms with Crippen molar-refractivity contribution < 1.29 is 4.74 Å². The van der Waals surface area contributed by atoms with E-state index in [0.29, 0.717) is 23.2 Å². The molecule has 1 heterocycles. The quantitative estimate of drug-likeness (QED) is 0.754. The van der Waals surface area contributed by atoms with Gasteiger partial charge >= 0.3 is 0 Å². The molecule has 16 heavy (non-hydrogen) atoms. The lowest BCUT2D eigenvalue weighted by Crippen LogP contribution is -2.45. The zero-order valence-corrected chi connectivity index (χ0v) is 9.87. The molecular formula is C13H15NOS. The fraction of sp³-hybridized carbons (Fsp3) is 0.462. The number of hydrogen-bond acceptors (Lipinski definition) is 2. The average molecular weight is 233 g/mol. The Hall–Kier alpha value is -1.09. The molecule has 2 fully saturated rings. The van der Waals surface area contributed by atoms with Crippen molar-refractivity contribution in [2.45, 2.75) is 31.4 Å². The first kappa shape index (κ1) is 10.1. The van der Waals surface area contributed by atoms with E-state index < -0.39 is 0 Å². The minimum Gasteiger partial charge on any atom is -0.467 e. The SMILES string of the molecule is S=C1N[C@@H](c2ccccc2)[C@H]2CCC[C@H]2O1. The minimum absolute atomic E-state index is 0.332. The van der Waals surface area contributed by atoms with E-state index in [1.54, 1.807) is 0 Å². The van der Waals surface area contributed by atoms with Crippen LogP contribution in [0.25, 0.3) is 0 Å². The molecule has 2 nitrogen and oxygen atoms in total. The van der Waals surface area contributed by atoms with Crippen LogP contribution in [-0.4, -0.2) is 11.3 Å². The Morgan fingerprint density at radius 1 is 1.19 bits per heavy atom. The summed E-state index contributed by atoms with van der Waals surface area (Å²) in [6.07, 6.45) is 3.97. The van der Waals surface area contributed by atoms with E-state index in [4.69, 9.17) is 17.0 Å². The number of benzene rings is 1. The highest BCUT2D eigenvalue weighted by molar-refractivity contribution is 7.80. The van der Waals surface area contributed by atoms with Crippen molar-refractivity contribution in [2.75, 3.05) is 0 Å². The van der Waals surface area contributed by atoms with Crippen molar-refractivity contribution in [3.8, 4) is 0 Å². The highest BCUT2D eigenvalue weighted by atomic mass is 32.1. The van der Waals surface area contributed by atoms with Gasteiger partial charge < -0.3 is 10.1 Å². The van der Waals surface area contributed by atoms with Crippen LogP contribution in [0.3, 0.4) is 0 Å². The van der Waals surface area contributed by atoms with Gasteiger partial charge in [0.2, 0.25) is 0 Å². The van der Waals surface area contributed by atoms with Crippen molar-refractivity contribution in [1.29, 1.82) is 0 Å². The molecule has 0 radical (unpaired) electrons. The molecule has 1 aliphatic heterocycles. The highest BCUT2D eigenvalue weighted by Gasteiger charge is 2.40. The zero-order valence-electron chi connectivity index (χ0n) is 9.06. The molecule has 2 aliphatic rings. The number of hydrogen-bond donors (Lipinski definition) is 1. The van der Waals surface area contributed by atoms with Crippen LogP contribution in [0.2, 0.25) is 0 Å². The molecule has 0 amide bonds. The van der Waals surface area contributed by atoms with Crippen molar-refractivity contribution >= 4 is 17.4 Å². The van der Waals surface area contributed by atoms with Gasteiger partial charge in [-0.25, -0.2) is 0 Å². The van der Waals surface area contributed by atoms with Crippen molar-refractivity contribution in [3.05, 3.63) is 35.9 Å². The van der Waals surface area contributed by atoms with Crippen LogP contribution in [-0.2, 0) is 4.74 Å². The van der Waals surface area contributed by atoms with Crippen LogP contribution in [0.5, 0.6) is 0 Å². The Kier molecular flexibility index (Phi) is 2.56. The third kappa shape index (κ3) is 1.69. The van der Waals surface area contributed by atoms with Crippen LogP contribution in [0.4, 0.5) is 0 Å². The van der Waals surface area contributed by atoms with Gasteiger partial charge in [-0.3, -0.25) is 0 Å². The first-order valence-corrected chi connectivity index (χ1v) is 6.27. The van der Waals surface area contributed by atoms with E-state index in [1.807, 2.05) is 6.07 Å². The summed E-state index contributed by atoms with van der Waals surface area (Å²) in [6, 6.07) is 10.9. The van der Waals surface area contributed by atoms with Crippen molar-refractivity contribution in [3.63, 3.8) is 0 Å². The summed E-state index contributed by atoms with van der Waals surface area (Å²) in [5, 5.41) is 3.88. The molecular weight excluding hydrogens is 218 g/mol. The smallest absolute Gasteiger partial charge is 0.257 e. The predicted molar refractivity (Wildman–Crippen MR) is 67.1 cm³/mol. The van der Waals surface area contributed by atoms with Gasteiger partial charge in [0, 0.05) is 5.92 Å². The Morgan fingerprint density at radius 3 is 2.81 bits per heavy atom. The third-order valence-corrected chi connectivity index (χ3v) is 3.84. The zero-order chi connectivity index (χ0) is 11.0. The van der Waals surface area contributed by atoms with Gasteiger partial charge in [0.15, 0.2) is 0 Å². The number of ether oxygens (including phenoxy) is 1. The normalized spacial score (nSPS) is 32.8. The molecule has 0 spiro atoms. The second-order valence-electron chi connectivity index (χ2n) is 4.57. The Balaban J connectivity index is 1.90. The van der Waals surface area contributed by atoms with Gasteiger partial charge in [-0.1, -0.05) is 30.3 Å². The van der Waals surface area contributed by atoms with E-state index in [2.05, 4.69) is 29.6 Å². The Bertz CT molecular complexity index is 392. The molecule has 84 valence electrons. The fourth-order valence-electron chi connectivity index (χ4n) is 2.88. The Labute approximate surface area is 101 Å². The van der Waals surface area contributed by atoms with Gasteiger partial charge in [-0.15, -0.1) is 0 Å². The molecule has 0 bridgehead atoms. The minimum atomic E-state index is 0.332. The number of rotatable bonds is 1. The predicted octanol–water partition coefficient (Wildman–Crippen LogP) is 2.80. The maximum absolute atomic E-state index is 5.68. The molecule has 3 atom stereocenters. The fourth-order valence-corrected chi connectivity index (χ4v) is 3.13. The number of fused-ring (bicyclic) bond motifs is 1. The van der Waals surface area contributed by atoms with Crippen LogP contribution in [0.15, 0.2) is 30.3 Å². The summed E-state index contributed by atoms with van der Waals surface area (Å²) in [5.74, 6) is 0.578. The second-order valence-corrected chi connectivity index (χ2v) is 4.94. The van der Waals surface area contributed by atoms with E-state index in [-0.39, 0.29) is 0 Å². The second kappa shape index (κ2) is 4.06. The largest absolute Gasteiger partial charge is 0.467 e. The summed E-state index contributed by atoms with van der Waals surface area (Å²) in [5.41, 5.74) is 1.32. The summed E-state index contributed by atoms with van der Waals surface area (Å²) in [6.45, 7) is 0. The van der Waals surface area contributed by atoms with Crippen molar-refractivity contribution in [2.24, 2.45) is 5.92 Å². The van der Waals surface area contributed by atoms with Gasteiger partial charge in [0.1, 0.15) is 6.10 Å². The molecule has 1 aliphatic carbocycles. The lowest BCUT2D eigenvalue weighted by atomic mass is 9.89. The molecule has 3 heteroatoms. The maximum atomic E-state index is 5.68. The van der Waals surface area contributed by atoms with E-state index in [1.165, 1.54) is 18.4 Å². The van der Waals surface area contributed by atoms with Crippen LogP contribution >= 0.6 is 12.2 Å². The first-order chi connectivity index (χ1) is 7.84. The standard InChI is InChI=1S/C13H15NOS/c16-13-14-12(9-5-2-1-3-6-9)10-7-4-8-11(10)15-13/h1-3,5-6,10-12H,4,7-8H2,(H,14,16)/t10-,11+,12-/m0/s1. The topological polar surface area (TPSA) is 21.3 Å². The van der Waals surface area contributed by atoms with Crippen LogP contribution < -0.4 is 5.32 Å². The first-order valence-electron chi connectivity index (χ1n) is 5.87. The summed E-state index contributed by atoms with van der Waals surface area (Å²) < 4.78 is 5.68. The monoisotopic (exact) mass is 233 g/mol. The van der Waals surface area contributed by atoms with Crippen molar-refractivity contribution in [1.82, 2.24) is 5.32 Å². The maximum Gasteiger partial charge on any atom is 0.257 e. The lowest BCUT2D eigenvalue weighted by Gasteiger charge is -2.36. The lowest BCUT2D eigenvalue weighted by molar-refractivity contribution is 0.0906.